The molecule has 1 aliphatic rings. The predicted molar refractivity (Wildman–Crippen MR) is 114 cm³/mol. The molecule has 2 rings (SSSR count). The Bertz CT molecular complexity index is 502. The van der Waals surface area contributed by atoms with Gasteiger partial charge in [0.2, 0.25) is 0 Å². The van der Waals surface area contributed by atoms with Crippen LogP contribution in [0.2, 0.25) is 0 Å². The van der Waals surface area contributed by atoms with E-state index in [-0.39, 0.29) is 24.0 Å². The molecule has 142 valence electrons. The van der Waals surface area contributed by atoms with Gasteiger partial charge in [-0.1, -0.05) is 13.0 Å². The predicted octanol–water partition coefficient (Wildman–Crippen LogP) is 1.15. The van der Waals surface area contributed by atoms with Crippen molar-refractivity contribution in [3.05, 3.63) is 23.9 Å². The van der Waals surface area contributed by atoms with Crippen LogP contribution in [0.4, 0.5) is 5.82 Å². The lowest BCUT2D eigenvalue weighted by Gasteiger charge is -2.34. The maximum Gasteiger partial charge on any atom is 0.191 e. The molecule has 2 N–H and O–H groups in total. The number of pyridine rings is 1. The summed E-state index contributed by atoms with van der Waals surface area (Å²) in [6.45, 7) is 9.76. The average molecular weight is 462 g/mol. The highest BCUT2D eigenvalue weighted by molar-refractivity contribution is 14.0. The standard InChI is InChI=1S/C17H30N6O.HI/c1-4-22-8-10-23(11-9-22)16-6-5-15(13-20-16)14-21-17(18-2)19-7-12-24-3;/h5-6,13H,4,7-12,14H2,1-3H3,(H2,18,19,21);1H. The Morgan fingerprint density at radius 3 is 2.56 bits per heavy atom. The summed E-state index contributed by atoms with van der Waals surface area (Å²) in [5.74, 6) is 1.84. The van der Waals surface area contributed by atoms with Gasteiger partial charge in [0, 0.05) is 59.6 Å². The van der Waals surface area contributed by atoms with Crippen LogP contribution in [-0.4, -0.2) is 75.9 Å². The molecule has 1 aromatic rings. The fourth-order valence-corrected chi connectivity index (χ4v) is 2.68. The van der Waals surface area contributed by atoms with Crippen molar-refractivity contribution in [3.63, 3.8) is 0 Å². The Morgan fingerprint density at radius 1 is 1.24 bits per heavy atom. The number of aromatic nitrogens is 1. The monoisotopic (exact) mass is 462 g/mol. The number of anilines is 1. The third kappa shape index (κ3) is 7.33. The topological polar surface area (TPSA) is 65.0 Å². The highest BCUT2D eigenvalue weighted by Crippen LogP contribution is 2.13. The molecular weight excluding hydrogens is 431 g/mol. The molecule has 0 bridgehead atoms. The zero-order chi connectivity index (χ0) is 17.2. The number of likely N-dealkylation sites (N-methyl/N-ethyl adjacent to an activating group) is 1. The Labute approximate surface area is 168 Å². The zero-order valence-corrected chi connectivity index (χ0v) is 17.8. The van der Waals surface area contributed by atoms with E-state index in [2.05, 4.69) is 49.5 Å². The second kappa shape index (κ2) is 12.3. The van der Waals surface area contributed by atoms with Crippen LogP contribution in [-0.2, 0) is 11.3 Å². The van der Waals surface area contributed by atoms with E-state index in [9.17, 15) is 0 Å². The Hall–Kier alpha value is -1.13. The quantitative estimate of drug-likeness (QED) is 0.275. The lowest BCUT2D eigenvalue weighted by Crippen LogP contribution is -2.46. The molecule has 0 saturated carbocycles. The molecule has 1 fully saturated rings. The smallest absolute Gasteiger partial charge is 0.191 e. The summed E-state index contributed by atoms with van der Waals surface area (Å²) in [4.78, 5) is 13.6. The summed E-state index contributed by atoms with van der Waals surface area (Å²) in [6.07, 6.45) is 1.94. The number of nitrogens with one attached hydrogen (secondary N) is 2. The average Bonchev–Trinajstić information content (AvgIpc) is 2.65. The molecule has 0 atom stereocenters. The molecule has 1 aliphatic heterocycles. The highest BCUT2D eigenvalue weighted by Gasteiger charge is 2.16. The highest BCUT2D eigenvalue weighted by atomic mass is 127. The zero-order valence-electron chi connectivity index (χ0n) is 15.5. The molecule has 25 heavy (non-hydrogen) atoms. The second-order valence-corrected chi connectivity index (χ2v) is 5.79. The van der Waals surface area contributed by atoms with Crippen molar-refractivity contribution in [2.75, 3.05) is 64.9 Å². The molecule has 0 spiro atoms. The van der Waals surface area contributed by atoms with Crippen LogP contribution < -0.4 is 15.5 Å². The largest absolute Gasteiger partial charge is 0.383 e. The van der Waals surface area contributed by atoms with Gasteiger partial charge in [-0.2, -0.15) is 0 Å². The van der Waals surface area contributed by atoms with E-state index in [1.54, 1.807) is 14.2 Å². The normalized spacial score (nSPS) is 15.6. The number of nitrogens with zero attached hydrogens (tertiary/aromatic N) is 4. The van der Waals surface area contributed by atoms with E-state index in [4.69, 9.17) is 4.74 Å². The summed E-state index contributed by atoms with van der Waals surface area (Å²) in [7, 11) is 3.45. The fraction of sp³-hybridized carbons (Fsp3) is 0.647. The van der Waals surface area contributed by atoms with E-state index in [1.807, 2.05) is 6.20 Å². The van der Waals surface area contributed by atoms with Gasteiger partial charge in [0.05, 0.1) is 6.61 Å². The van der Waals surface area contributed by atoms with Gasteiger partial charge in [0.1, 0.15) is 5.82 Å². The number of aliphatic imine (C=N–C) groups is 1. The first kappa shape index (κ1) is 21.9. The van der Waals surface area contributed by atoms with Crippen LogP contribution in [0.5, 0.6) is 0 Å². The number of methoxy groups -OCH3 is 1. The van der Waals surface area contributed by atoms with Crippen molar-refractivity contribution in [1.29, 1.82) is 0 Å². The molecule has 0 radical (unpaired) electrons. The third-order valence-electron chi connectivity index (χ3n) is 4.23. The molecule has 0 unspecified atom stereocenters. The van der Waals surface area contributed by atoms with E-state index < -0.39 is 0 Å². The van der Waals surface area contributed by atoms with Gasteiger partial charge in [-0.3, -0.25) is 4.99 Å². The Kier molecular flexibility index (Phi) is 10.7. The minimum absolute atomic E-state index is 0. The van der Waals surface area contributed by atoms with Crippen molar-refractivity contribution in [2.45, 2.75) is 13.5 Å². The molecular formula is C17H31IN6O. The van der Waals surface area contributed by atoms with E-state index in [0.29, 0.717) is 13.2 Å². The van der Waals surface area contributed by atoms with Crippen molar-refractivity contribution < 1.29 is 4.74 Å². The van der Waals surface area contributed by atoms with Gasteiger partial charge in [0.25, 0.3) is 0 Å². The summed E-state index contributed by atoms with van der Waals surface area (Å²) < 4.78 is 5.02. The number of hydrogen-bond donors (Lipinski definition) is 2. The fourth-order valence-electron chi connectivity index (χ4n) is 2.68. The minimum atomic E-state index is 0. The number of ether oxygens (including phenoxy) is 1. The van der Waals surface area contributed by atoms with Crippen molar-refractivity contribution in [3.8, 4) is 0 Å². The maximum absolute atomic E-state index is 5.02. The first-order valence-electron chi connectivity index (χ1n) is 8.62. The minimum Gasteiger partial charge on any atom is -0.383 e. The number of rotatable bonds is 7. The molecule has 8 heteroatoms. The molecule has 0 aliphatic carbocycles. The van der Waals surface area contributed by atoms with E-state index >= 15 is 0 Å². The van der Waals surface area contributed by atoms with Gasteiger partial charge in [-0.15, -0.1) is 24.0 Å². The number of guanidine groups is 1. The number of piperazine rings is 1. The summed E-state index contributed by atoms with van der Waals surface area (Å²) in [5, 5.41) is 6.47. The van der Waals surface area contributed by atoms with Crippen LogP contribution >= 0.6 is 24.0 Å². The lowest BCUT2D eigenvalue weighted by atomic mass is 10.2. The molecule has 2 heterocycles. The first-order chi connectivity index (χ1) is 11.8. The van der Waals surface area contributed by atoms with Crippen molar-refractivity contribution in [1.82, 2.24) is 20.5 Å². The van der Waals surface area contributed by atoms with Gasteiger partial charge in [-0.25, -0.2) is 4.98 Å². The Balaban J connectivity index is 0.00000312. The number of halogens is 1. The van der Waals surface area contributed by atoms with Gasteiger partial charge in [0.15, 0.2) is 5.96 Å². The first-order valence-corrected chi connectivity index (χ1v) is 8.62. The van der Waals surface area contributed by atoms with Gasteiger partial charge in [-0.05, 0) is 18.2 Å². The third-order valence-corrected chi connectivity index (χ3v) is 4.23. The number of hydrogen-bond acceptors (Lipinski definition) is 5. The van der Waals surface area contributed by atoms with Crippen molar-refractivity contribution in [2.24, 2.45) is 4.99 Å². The van der Waals surface area contributed by atoms with Gasteiger partial charge >= 0.3 is 0 Å². The molecule has 7 nitrogen and oxygen atoms in total. The maximum atomic E-state index is 5.02. The molecule has 1 aromatic heterocycles. The molecule has 1 saturated heterocycles. The van der Waals surface area contributed by atoms with E-state index in [0.717, 1.165) is 56.6 Å². The van der Waals surface area contributed by atoms with Crippen LogP contribution in [0, 0.1) is 0 Å². The summed E-state index contributed by atoms with van der Waals surface area (Å²) in [6, 6.07) is 4.24. The van der Waals surface area contributed by atoms with E-state index in [1.165, 1.54) is 0 Å². The lowest BCUT2D eigenvalue weighted by molar-refractivity contribution is 0.203. The second-order valence-electron chi connectivity index (χ2n) is 5.79. The van der Waals surface area contributed by atoms with Crippen LogP contribution in [0.1, 0.15) is 12.5 Å². The summed E-state index contributed by atoms with van der Waals surface area (Å²) in [5.41, 5.74) is 1.14. The Morgan fingerprint density at radius 2 is 2.00 bits per heavy atom. The van der Waals surface area contributed by atoms with Crippen LogP contribution in [0.25, 0.3) is 0 Å². The molecule has 0 aromatic carbocycles. The van der Waals surface area contributed by atoms with Crippen LogP contribution in [0.3, 0.4) is 0 Å². The van der Waals surface area contributed by atoms with Gasteiger partial charge < -0.3 is 25.2 Å². The summed E-state index contributed by atoms with van der Waals surface area (Å²) >= 11 is 0. The van der Waals surface area contributed by atoms with Crippen LogP contribution in [0.15, 0.2) is 23.3 Å². The molecule has 0 amide bonds. The SMILES string of the molecule is CCN1CCN(c2ccc(CNC(=NC)NCCOC)cn2)CC1.I. The van der Waals surface area contributed by atoms with Crippen molar-refractivity contribution >= 4 is 35.8 Å².